The lowest BCUT2D eigenvalue weighted by Gasteiger charge is -2.23. The molecule has 0 amide bonds. The standard InChI is InChI=1S/C17H27NOS/c1-13(2)11-14-3-5-15(6-4-14)17(18)12-20-16-7-9-19-10-8-16/h3-6,13,16-17H,7-12,18H2,1-2H3. The van der Waals surface area contributed by atoms with E-state index in [1.165, 1.54) is 24.0 Å². The molecule has 1 aromatic rings. The van der Waals surface area contributed by atoms with E-state index in [2.05, 4.69) is 38.1 Å². The van der Waals surface area contributed by atoms with E-state index in [1.807, 2.05) is 11.8 Å². The Morgan fingerprint density at radius 1 is 1.20 bits per heavy atom. The lowest BCUT2D eigenvalue weighted by Crippen LogP contribution is -2.21. The van der Waals surface area contributed by atoms with Gasteiger partial charge in [-0.25, -0.2) is 0 Å². The highest BCUT2D eigenvalue weighted by Crippen LogP contribution is 2.26. The van der Waals surface area contributed by atoms with E-state index in [4.69, 9.17) is 10.5 Å². The minimum Gasteiger partial charge on any atom is -0.381 e. The first-order valence-corrected chi connectivity index (χ1v) is 8.74. The van der Waals surface area contributed by atoms with Crippen molar-refractivity contribution in [2.24, 2.45) is 11.7 Å². The van der Waals surface area contributed by atoms with Crippen LogP contribution in [0.15, 0.2) is 24.3 Å². The van der Waals surface area contributed by atoms with E-state index in [0.29, 0.717) is 5.92 Å². The van der Waals surface area contributed by atoms with E-state index >= 15 is 0 Å². The monoisotopic (exact) mass is 293 g/mol. The largest absolute Gasteiger partial charge is 0.381 e. The molecule has 0 radical (unpaired) electrons. The summed E-state index contributed by atoms with van der Waals surface area (Å²) in [4.78, 5) is 0. The van der Waals surface area contributed by atoms with Crippen LogP contribution < -0.4 is 5.73 Å². The second-order valence-electron chi connectivity index (χ2n) is 6.09. The third kappa shape index (κ3) is 5.12. The third-order valence-corrected chi connectivity index (χ3v) is 5.23. The van der Waals surface area contributed by atoms with Crippen LogP contribution in [0.1, 0.15) is 43.9 Å². The summed E-state index contributed by atoms with van der Waals surface area (Å²) in [6.07, 6.45) is 3.49. The maximum Gasteiger partial charge on any atom is 0.0476 e. The van der Waals surface area contributed by atoms with Gasteiger partial charge in [0.1, 0.15) is 0 Å². The quantitative estimate of drug-likeness (QED) is 0.866. The molecule has 0 bridgehead atoms. The molecule has 1 heterocycles. The molecule has 2 rings (SSSR count). The fraction of sp³-hybridized carbons (Fsp3) is 0.647. The van der Waals surface area contributed by atoms with Crippen LogP contribution in [-0.2, 0) is 11.2 Å². The average molecular weight is 293 g/mol. The normalized spacial score (nSPS) is 18.4. The molecule has 0 aliphatic carbocycles. The van der Waals surface area contributed by atoms with Gasteiger partial charge in [-0.1, -0.05) is 38.1 Å². The summed E-state index contributed by atoms with van der Waals surface area (Å²) in [5.74, 6) is 1.72. The second kappa shape index (κ2) is 8.06. The predicted octanol–water partition coefficient (Wildman–Crippen LogP) is 3.80. The number of nitrogens with two attached hydrogens (primary N) is 1. The number of hydrogen-bond donors (Lipinski definition) is 1. The van der Waals surface area contributed by atoms with Crippen LogP contribution >= 0.6 is 11.8 Å². The maximum atomic E-state index is 6.31. The highest BCUT2D eigenvalue weighted by molar-refractivity contribution is 7.99. The minimum absolute atomic E-state index is 0.149. The number of ether oxygens (including phenoxy) is 1. The molecule has 1 unspecified atom stereocenters. The first kappa shape index (κ1) is 15.9. The zero-order valence-corrected chi connectivity index (χ0v) is 13.5. The molecule has 1 aliphatic heterocycles. The first-order valence-electron chi connectivity index (χ1n) is 7.69. The summed E-state index contributed by atoms with van der Waals surface area (Å²) in [7, 11) is 0. The fourth-order valence-corrected chi connectivity index (χ4v) is 3.75. The Morgan fingerprint density at radius 2 is 1.85 bits per heavy atom. The lowest BCUT2D eigenvalue weighted by molar-refractivity contribution is 0.1000. The van der Waals surface area contributed by atoms with Gasteiger partial charge < -0.3 is 10.5 Å². The molecular formula is C17H27NOS. The van der Waals surface area contributed by atoms with E-state index in [0.717, 1.165) is 30.6 Å². The van der Waals surface area contributed by atoms with E-state index < -0.39 is 0 Å². The minimum atomic E-state index is 0.149. The summed E-state index contributed by atoms with van der Waals surface area (Å²) in [5, 5.41) is 0.731. The van der Waals surface area contributed by atoms with Gasteiger partial charge in [0.05, 0.1) is 0 Å². The zero-order valence-electron chi connectivity index (χ0n) is 12.7. The number of hydrogen-bond acceptors (Lipinski definition) is 3. The van der Waals surface area contributed by atoms with Crippen LogP contribution in [0.2, 0.25) is 0 Å². The topological polar surface area (TPSA) is 35.2 Å². The van der Waals surface area contributed by atoms with Gasteiger partial charge in [0, 0.05) is 30.3 Å². The van der Waals surface area contributed by atoms with Crippen molar-refractivity contribution in [3.05, 3.63) is 35.4 Å². The maximum absolute atomic E-state index is 6.31. The number of thioether (sulfide) groups is 1. The van der Waals surface area contributed by atoms with Crippen molar-refractivity contribution < 1.29 is 4.74 Å². The molecule has 112 valence electrons. The molecule has 1 aromatic carbocycles. The highest BCUT2D eigenvalue weighted by Gasteiger charge is 2.16. The molecule has 1 aliphatic rings. The van der Waals surface area contributed by atoms with Crippen LogP contribution in [-0.4, -0.2) is 24.2 Å². The summed E-state index contributed by atoms with van der Waals surface area (Å²) >= 11 is 2.01. The first-order chi connectivity index (χ1) is 9.65. The van der Waals surface area contributed by atoms with Gasteiger partial charge in [0.25, 0.3) is 0 Å². The number of rotatable bonds is 6. The van der Waals surface area contributed by atoms with E-state index in [1.54, 1.807) is 0 Å². The Hall–Kier alpha value is -0.510. The van der Waals surface area contributed by atoms with Gasteiger partial charge >= 0.3 is 0 Å². The Balaban J connectivity index is 1.80. The van der Waals surface area contributed by atoms with Crippen molar-refractivity contribution in [3.8, 4) is 0 Å². The van der Waals surface area contributed by atoms with Crippen LogP contribution in [0.3, 0.4) is 0 Å². The van der Waals surface area contributed by atoms with Crippen molar-refractivity contribution in [3.63, 3.8) is 0 Å². The molecule has 2 nitrogen and oxygen atoms in total. The van der Waals surface area contributed by atoms with Crippen LogP contribution in [0, 0.1) is 5.92 Å². The molecule has 0 spiro atoms. The molecule has 1 saturated heterocycles. The van der Waals surface area contributed by atoms with Gasteiger partial charge in [-0.3, -0.25) is 0 Å². The number of benzene rings is 1. The molecule has 20 heavy (non-hydrogen) atoms. The van der Waals surface area contributed by atoms with Crippen LogP contribution in [0.4, 0.5) is 0 Å². The third-order valence-electron chi connectivity index (χ3n) is 3.73. The molecule has 0 aromatic heterocycles. The van der Waals surface area contributed by atoms with Crippen molar-refractivity contribution in [2.45, 2.75) is 44.4 Å². The van der Waals surface area contributed by atoms with Gasteiger partial charge in [0.2, 0.25) is 0 Å². The Bertz CT molecular complexity index is 384. The molecule has 2 N–H and O–H groups in total. The summed E-state index contributed by atoms with van der Waals surface area (Å²) in [6.45, 7) is 6.34. The van der Waals surface area contributed by atoms with Gasteiger partial charge in [-0.05, 0) is 36.3 Å². The van der Waals surface area contributed by atoms with E-state index in [-0.39, 0.29) is 6.04 Å². The Morgan fingerprint density at radius 3 is 2.45 bits per heavy atom. The molecule has 1 fully saturated rings. The van der Waals surface area contributed by atoms with Crippen molar-refractivity contribution in [1.29, 1.82) is 0 Å². The smallest absolute Gasteiger partial charge is 0.0476 e. The van der Waals surface area contributed by atoms with Gasteiger partial charge in [-0.2, -0.15) is 11.8 Å². The SMILES string of the molecule is CC(C)Cc1ccc(C(N)CSC2CCOCC2)cc1. The zero-order chi connectivity index (χ0) is 14.4. The highest BCUT2D eigenvalue weighted by atomic mass is 32.2. The Labute approximate surface area is 127 Å². The molecule has 3 heteroatoms. The average Bonchev–Trinajstić information content (AvgIpc) is 2.46. The second-order valence-corrected chi connectivity index (χ2v) is 7.42. The lowest BCUT2D eigenvalue weighted by atomic mass is 10.0. The fourth-order valence-electron chi connectivity index (χ4n) is 2.55. The van der Waals surface area contributed by atoms with Crippen molar-refractivity contribution >= 4 is 11.8 Å². The summed E-state index contributed by atoms with van der Waals surface area (Å²) < 4.78 is 5.39. The summed E-state index contributed by atoms with van der Waals surface area (Å²) in [6, 6.07) is 9.01. The molecular weight excluding hydrogens is 266 g/mol. The molecule has 1 atom stereocenters. The van der Waals surface area contributed by atoms with Gasteiger partial charge in [0.15, 0.2) is 0 Å². The van der Waals surface area contributed by atoms with Crippen molar-refractivity contribution in [2.75, 3.05) is 19.0 Å². The van der Waals surface area contributed by atoms with Gasteiger partial charge in [-0.15, -0.1) is 0 Å². The van der Waals surface area contributed by atoms with Crippen LogP contribution in [0.5, 0.6) is 0 Å². The molecule has 0 saturated carbocycles. The Kier molecular flexibility index (Phi) is 6.40. The summed E-state index contributed by atoms with van der Waals surface area (Å²) in [5.41, 5.74) is 8.98. The van der Waals surface area contributed by atoms with E-state index in [9.17, 15) is 0 Å². The predicted molar refractivity (Wildman–Crippen MR) is 88.2 cm³/mol. The van der Waals surface area contributed by atoms with Crippen LogP contribution in [0.25, 0.3) is 0 Å². The van der Waals surface area contributed by atoms with Crippen molar-refractivity contribution in [1.82, 2.24) is 0 Å².